The Labute approximate surface area is 180 Å². The lowest BCUT2D eigenvalue weighted by atomic mass is 9.76. The second kappa shape index (κ2) is 8.02. The highest BCUT2D eigenvalue weighted by Crippen LogP contribution is 2.43. The average Bonchev–Trinajstić information content (AvgIpc) is 3.34. The first-order chi connectivity index (χ1) is 15.1. The van der Waals surface area contributed by atoms with Crippen molar-refractivity contribution in [3.63, 3.8) is 0 Å². The molecule has 0 aliphatic carbocycles. The van der Waals surface area contributed by atoms with Crippen LogP contribution >= 0.6 is 0 Å². The van der Waals surface area contributed by atoms with Crippen molar-refractivity contribution in [2.45, 2.75) is 31.9 Å². The van der Waals surface area contributed by atoms with Crippen molar-refractivity contribution in [2.24, 2.45) is 5.41 Å². The number of anilines is 1. The number of hydrogen-bond donors (Lipinski definition) is 1. The number of esters is 1. The molecule has 8 nitrogen and oxygen atoms in total. The van der Waals surface area contributed by atoms with Crippen molar-refractivity contribution in [1.29, 1.82) is 0 Å². The van der Waals surface area contributed by atoms with Gasteiger partial charge in [0.2, 0.25) is 5.91 Å². The number of para-hydroxylation sites is 2. The van der Waals surface area contributed by atoms with Crippen LogP contribution in [0.15, 0.2) is 55.1 Å². The van der Waals surface area contributed by atoms with Gasteiger partial charge in [0.05, 0.1) is 41.6 Å². The molecule has 0 bridgehead atoms. The Hall–Kier alpha value is -3.42. The minimum atomic E-state index is -0.478. The summed E-state index contributed by atoms with van der Waals surface area (Å²) in [5.74, 6) is -0.0889. The number of piperidine rings is 1. The average molecular weight is 419 g/mol. The third-order valence-electron chi connectivity index (χ3n) is 6.43. The van der Waals surface area contributed by atoms with E-state index in [4.69, 9.17) is 4.74 Å². The zero-order chi connectivity index (χ0) is 21.3. The fraction of sp³-hybridized carbons (Fsp3) is 0.391. The van der Waals surface area contributed by atoms with Crippen LogP contribution in [0.4, 0.5) is 5.69 Å². The molecule has 0 radical (unpaired) electrons. The molecule has 1 aromatic carbocycles. The molecule has 1 atom stereocenters. The zero-order valence-electron chi connectivity index (χ0n) is 17.2. The standard InChI is InChI=1S/C23H25N5O3/c29-21(14-25-17-4-3-9-24-13-17)27-10-7-23(8-11-27)12-18(31-22(23)30)15-28-16-26-19-5-1-2-6-20(19)28/h1-6,9,13,16,18,25H,7-8,10-12,14-15H2. The van der Waals surface area contributed by atoms with Gasteiger partial charge in [0, 0.05) is 31.9 Å². The van der Waals surface area contributed by atoms with Gasteiger partial charge < -0.3 is 19.5 Å². The number of carbonyl (C=O) groups is 2. The highest BCUT2D eigenvalue weighted by Gasteiger charge is 2.50. The van der Waals surface area contributed by atoms with E-state index in [0.29, 0.717) is 38.9 Å². The normalized spacial score (nSPS) is 20.2. The van der Waals surface area contributed by atoms with Crippen LogP contribution < -0.4 is 5.32 Å². The minimum Gasteiger partial charge on any atom is -0.460 e. The summed E-state index contributed by atoms with van der Waals surface area (Å²) >= 11 is 0. The molecule has 31 heavy (non-hydrogen) atoms. The van der Waals surface area contributed by atoms with Crippen molar-refractivity contribution in [3.05, 3.63) is 55.1 Å². The number of hydrogen-bond acceptors (Lipinski definition) is 6. The Morgan fingerprint density at radius 2 is 2.03 bits per heavy atom. The zero-order valence-corrected chi connectivity index (χ0v) is 17.2. The summed E-state index contributed by atoms with van der Waals surface area (Å²) in [5.41, 5.74) is 2.32. The first-order valence-electron chi connectivity index (χ1n) is 10.7. The second-order valence-electron chi connectivity index (χ2n) is 8.37. The monoisotopic (exact) mass is 419 g/mol. The van der Waals surface area contributed by atoms with E-state index in [2.05, 4.69) is 19.9 Å². The molecule has 1 unspecified atom stereocenters. The largest absolute Gasteiger partial charge is 0.460 e. The summed E-state index contributed by atoms with van der Waals surface area (Å²) in [7, 11) is 0. The molecule has 4 heterocycles. The molecule has 2 aromatic heterocycles. The molecule has 0 saturated carbocycles. The molecule has 8 heteroatoms. The maximum absolute atomic E-state index is 12.8. The van der Waals surface area contributed by atoms with Gasteiger partial charge in [-0.25, -0.2) is 4.98 Å². The number of imidazole rings is 1. The van der Waals surface area contributed by atoms with Crippen molar-refractivity contribution >= 4 is 28.6 Å². The van der Waals surface area contributed by atoms with Gasteiger partial charge >= 0.3 is 5.97 Å². The summed E-state index contributed by atoms with van der Waals surface area (Å²) in [5, 5.41) is 3.10. The number of amides is 1. The Morgan fingerprint density at radius 3 is 2.84 bits per heavy atom. The van der Waals surface area contributed by atoms with E-state index in [1.54, 1.807) is 18.7 Å². The van der Waals surface area contributed by atoms with Crippen LogP contribution in [0, 0.1) is 5.41 Å². The first-order valence-corrected chi connectivity index (χ1v) is 10.7. The predicted molar refractivity (Wildman–Crippen MR) is 115 cm³/mol. The smallest absolute Gasteiger partial charge is 0.312 e. The first kappa shape index (κ1) is 19.5. The Balaban J connectivity index is 1.17. The third-order valence-corrected chi connectivity index (χ3v) is 6.43. The molecular formula is C23H25N5O3. The number of carbonyl (C=O) groups excluding carboxylic acids is 2. The van der Waals surface area contributed by atoms with Gasteiger partial charge in [-0.1, -0.05) is 12.1 Å². The number of nitrogens with one attached hydrogen (secondary N) is 1. The molecule has 2 aliphatic heterocycles. The molecule has 5 rings (SSSR count). The number of ether oxygens (including phenoxy) is 1. The number of fused-ring (bicyclic) bond motifs is 1. The van der Waals surface area contributed by atoms with Crippen LogP contribution in [0.3, 0.4) is 0 Å². The number of nitrogens with zero attached hydrogens (tertiary/aromatic N) is 4. The highest BCUT2D eigenvalue weighted by molar-refractivity contribution is 5.83. The topological polar surface area (TPSA) is 89.3 Å². The molecular weight excluding hydrogens is 394 g/mol. The number of benzene rings is 1. The van der Waals surface area contributed by atoms with Crippen LogP contribution in [0.5, 0.6) is 0 Å². The molecule has 2 aliphatic rings. The number of aromatic nitrogens is 3. The lowest BCUT2D eigenvalue weighted by molar-refractivity contribution is -0.152. The van der Waals surface area contributed by atoms with E-state index in [1.807, 2.05) is 41.3 Å². The van der Waals surface area contributed by atoms with Gasteiger partial charge in [-0.2, -0.15) is 0 Å². The second-order valence-corrected chi connectivity index (χ2v) is 8.37. The summed E-state index contributed by atoms with van der Waals surface area (Å²) in [4.78, 5) is 35.6. The van der Waals surface area contributed by atoms with E-state index in [0.717, 1.165) is 16.7 Å². The van der Waals surface area contributed by atoms with Gasteiger partial charge in [-0.05, 0) is 37.1 Å². The summed E-state index contributed by atoms with van der Waals surface area (Å²) in [6.07, 6.45) is 7.00. The van der Waals surface area contributed by atoms with Crippen molar-refractivity contribution < 1.29 is 14.3 Å². The van der Waals surface area contributed by atoms with E-state index in [-0.39, 0.29) is 24.5 Å². The van der Waals surface area contributed by atoms with E-state index in [1.165, 1.54) is 0 Å². The Morgan fingerprint density at radius 1 is 1.19 bits per heavy atom. The van der Waals surface area contributed by atoms with Gasteiger partial charge in [0.25, 0.3) is 0 Å². The quantitative estimate of drug-likeness (QED) is 0.639. The van der Waals surface area contributed by atoms with Crippen LogP contribution in [0.2, 0.25) is 0 Å². The van der Waals surface area contributed by atoms with Crippen molar-refractivity contribution in [3.8, 4) is 0 Å². The van der Waals surface area contributed by atoms with Crippen LogP contribution in [0.1, 0.15) is 19.3 Å². The fourth-order valence-electron chi connectivity index (χ4n) is 4.66. The lowest BCUT2D eigenvalue weighted by Gasteiger charge is -2.36. The van der Waals surface area contributed by atoms with Crippen molar-refractivity contribution in [2.75, 3.05) is 25.0 Å². The van der Waals surface area contributed by atoms with E-state index < -0.39 is 5.41 Å². The number of rotatable bonds is 5. The summed E-state index contributed by atoms with van der Waals surface area (Å²) in [6.45, 7) is 1.97. The van der Waals surface area contributed by atoms with Gasteiger partial charge in [-0.3, -0.25) is 14.6 Å². The van der Waals surface area contributed by atoms with Gasteiger partial charge in [0.1, 0.15) is 6.10 Å². The SMILES string of the molecule is O=C(CNc1cccnc1)N1CCC2(CC1)CC(Cn1cnc3ccccc31)OC2=O. The Kier molecular flexibility index (Phi) is 5.05. The van der Waals surface area contributed by atoms with E-state index >= 15 is 0 Å². The van der Waals surface area contributed by atoms with Crippen molar-refractivity contribution in [1.82, 2.24) is 19.4 Å². The lowest BCUT2D eigenvalue weighted by Crippen LogP contribution is -2.46. The van der Waals surface area contributed by atoms with Gasteiger partial charge in [-0.15, -0.1) is 0 Å². The molecule has 3 aromatic rings. The fourth-order valence-corrected chi connectivity index (χ4v) is 4.66. The summed E-state index contributed by atoms with van der Waals surface area (Å²) < 4.78 is 7.82. The van der Waals surface area contributed by atoms with Crippen LogP contribution in [-0.2, 0) is 20.9 Å². The minimum absolute atomic E-state index is 0.0338. The molecule has 1 N–H and O–H groups in total. The molecule has 1 spiro atoms. The number of pyridine rings is 1. The predicted octanol–water partition coefficient (Wildman–Crippen LogP) is 2.47. The molecule has 2 fully saturated rings. The maximum Gasteiger partial charge on any atom is 0.312 e. The molecule has 2 saturated heterocycles. The van der Waals surface area contributed by atoms with E-state index in [9.17, 15) is 9.59 Å². The highest BCUT2D eigenvalue weighted by atomic mass is 16.6. The Bertz CT molecular complexity index is 1090. The van der Waals surface area contributed by atoms with Gasteiger partial charge in [0.15, 0.2) is 0 Å². The number of likely N-dealkylation sites (tertiary alicyclic amines) is 1. The summed E-state index contributed by atoms with van der Waals surface area (Å²) in [6, 6.07) is 11.7. The molecule has 160 valence electrons. The third kappa shape index (κ3) is 3.85. The molecule has 1 amide bonds. The van der Waals surface area contributed by atoms with Crippen LogP contribution in [0.25, 0.3) is 11.0 Å². The van der Waals surface area contributed by atoms with Crippen LogP contribution in [-0.4, -0.2) is 57.0 Å². The number of cyclic esters (lactones) is 1. The maximum atomic E-state index is 12.8.